The molecule has 0 aromatic heterocycles. The Morgan fingerprint density at radius 2 is 1.77 bits per heavy atom. The predicted octanol–water partition coefficient (Wildman–Crippen LogP) is 3.17. The minimum atomic E-state index is -0.446. The zero-order valence-corrected chi connectivity index (χ0v) is 14.9. The average Bonchev–Trinajstić information content (AvgIpc) is 2.96. The standard InChI is InChI=1S/C21H22N2O3/c1-2-26-19-12-6-5-11-17(19)23-20(24)14-18(21(23)25)22-13-7-9-15-8-3-4-10-16(15)22/h3-6,8,10-12,18H,2,7,9,13-14H2,1H3. The van der Waals surface area contributed by atoms with Crippen molar-refractivity contribution >= 4 is 23.2 Å². The lowest BCUT2D eigenvalue weighted by Crippen LogP contribution is -2.44. The zero-order valence-electron chi connectivity index (χ0n) is 14.9. The number of imide groups is 1. The number of carbonyl (C=O) groups is 2. The van der Waals surface area contributed by atoms with Gasteiger partial charge in [0.2, 0.25) is 5.91 Å². The molecule has 2 amide bonds. The van der Waals surface area contributed by atoms with Crippen LogP contribution in [0.15, 0.2) is 48.5 Å². The first-order valence-electron chi connectivity index (χ1n) is 9.14. The molecule has 0 radical (unpaired) electrons. The number of benzene rings is 2. The highest BCUT2D eigenvalue weighted by atomic mass is 16.5. The van der Waals surface area contributed by atoms with Crippen LogP contribution in [0.1, 0.15) is 25.3 Å². The van der Waals surface area contributed by atoms with Crippen molar-refractivity contribution in [1.29, 1.82) is 0 Å². The van der Waals surface area contributed by atoms with E-state index in [9.17, 15) is 9.59 Å². The van der Waals surface area contributed by atoms with Gasteiger partial charge in [-0.05, 0) is 43.5 Å². The first kappa shape index (κ1) is 16.6. The van der Waals surface area contributed by atoms with E-state index in [0.717, 1.165) is 25.1 Å². The molecule has 1 fully saturated rings. The number of hydrogen-bond donors (Lipinski definition) is 0. The predicted molar refractivity (Wildman–Crippen MR) is 101 cm³/mol. The number of para-hydroxylation sites is 3. The summed E-state index contributed by atoms with van der Waals surface area (Å²) in [7, 11) is 0. The highest BCUT2D eigenvalue weighted by Gasteiger charge is 2.44. The summed E-state index contributed by atoms with van der Waals surface area (Å²) in [6, 6.07) is 14.9. The third kappa shape index (κ3) is 2.73. The van der Waals surface area contributed by atoms with E-state index < -0.39 is 6.04 Å². The molecule has 2 aliphatic rings. The highest BCUT2D eigenvalue weighted by Crippen LogP contribution is 2.36. The number of fused-ring (bicyclic) bond motifs is 1. The molecule has 0 spiro atoms. The molecule has 26 heavy (non-hydrogen) atoms. The SMILES string of the molecule is CCOc1ccccc1N1C(=O)CC(N2CCCc3ccccc32)C1=O. The maximum atomic E-state index is 13.2. The molecule has 1 saturated heterocycles. The zero-order chi connectivity index (χ0) is 18.1. The fraction of sp³-hybridized carbons (Fsp3) is 0.333. The second-order valence-electron chi connectivity index (χ2n) is 6.61. The number of carbonyl (C=O) groups excluding carboxylic acids is 2. The van der Waals surface area contributed by atoms with E-state index in [1.165, 1.54) is 10.5 Å². The molecule has 4 rings (SSSR count). The monoisotopic (exact) mass is 350 g/mol. The number of nitrogens with zero attached hydrogens (tertiary/aromatic N) is 2. The summed E-state index contributed by atoms with van der Waals surface area (Å²) in [4.78, 5) is 29.3. The molecular formula is C21H22N2O3. The van der Waals surface area contributed by atoms with Crippen molar-refractivity contribution in [3.63, 3.8) is 0 Å². The van der Waals surface area contributed by atoms with Gasteiger partial charge in [0.05, 0.1) is 18.7 Å². The summed E-state index contributed by atoms with van der Waals surface area (Å²) in [5.74, 6) is 0.227. The van der Waals surface area contributed by atoms with Crippen LogP contribution in [0.4, 0.5) is 11.4 Å². The number of ether oxygens (including phenoxy) is 1. The van der Waals surface area contributed by atoms with Gasteiger partial charge in [0.1, 0.15) is 11.8 Å². The Bertz CT molecular complexity index is 849. The molecule has 1 atom stereocenters. The van der Waals surface area contributed by atoms with Crippen LogP contribution >= 0.6 is 0 Å². The van der Waals surface area contributed by atoms with Crippen molar-refractivity contribution in [2.45, 2.75) is 32.2 Å². The lowest BCUT2D eigenvalue weighted by atomic mass is 9.99. The first-order valence-corrected chi connectivity index (χ1v) is 9.14. The van der Waals surface area contributed by atoms with Crippen LogP contribution in [0.2, 0.25) is 0 Å². The number of hydrogen-bond acceptors (Lipinski definition) is 4. The fourth-order valence-corrected chi connectivity index (χ4v) is 3.92. The third-order valence-electron chi connectivity index (χ3n) is 5.05. The molecule has 5 heteroatoms. The van der Waals surface area contributed by atoms with E-state index in [1.807, 2.05) is 37.3 Å². The Hall–Kier alpha value is -2.82. The van der Waals surface area contributed by atoms with Crippen molar-refractivity contribution in [3.05, 3.63) is 54.1 Å². The third-order valence-corrected chi connectivity index (χ3v) is 5.05. The summed E-state index contributed by atoms with van der Waals surface area (Å²) in [5.41, 5.74) is 2.86. The summed E-state index contributed by atoms with van der Waals surface area (Å²) in [6.45, 7) is 3.16. The largest absolute Gasteiger partial charge is 0.492 e. The van der Waals surface area contributed by atoms with E-state index in [1.54, 1.807) is 12.1 Å². The van der Waals surface area contributed by atoms with Crippen LogP contribution in [0, 0.1) is 0 Å². The van der Waals surface area contributed by atoms with Gasteiger partial charge >= 0.3 is 0 Å². The van der Waals surface area contributed by atoms with Gasteiger partial charge in [0, 0.05) is 12.2 Å². The Labute approximate surface area is 153 Å². The second-order valence-corrected chi connectivity index (χ2v) is 6.61. The first-order chi connectivity index (χ1) is 12.7. The van der Waals surface area contributed by atoms with Crippen molar-refractivity contribution in [1.82, 2.24) is 0 Å². The maximum absolute atomic E-state index is 13.2. The van der Waals surface area contributed by atoms with E-state index in [0.29, 0.717) is 18.0 Å². The van der Waals surface area contributed by atoms with Gasteiger partial charge in [0.25, 0.3) is 5.91 Å². The molecule has 0 bridgehead atoms. The number of anilines is 2. The molecule has 134 valence electrons. The van der Waals surface area contributed by atoms with Crippen molar-refractivity contribution < 1.29 is 14.3 Å². The number of aryl methyl sites for hydroxylation is 1. The summed E-state index contributed by atoms with van der Waals surface area (Å²) >= 11 is 0. The van der Waals surface area contributed by atoms with Gasteiger partial charge in [-0.3, -0.25) is 9.59 Å². The van der Waals surface area contributed by atoms with Crippen LogP contribution in [-0.4, -0.2) is 31.0 Å². The molecule has 0 aliphatic carbocycles. The lowest BCUT2D eigenvalue weighted by molar-refractivity contribution is -0.121. The van der Waals surface area contributed by atoms with Gasteiger partial charge < -0.3 is 9.64 Å². The topological polar surface area (TPSA) is 49.9 Å². The number of rotatable bonds is 4. The summed E-state index contributed by atoms with van der Waals surface area (Å²) in [5, 5.41) is 0. The molecule has 2 aromatic rings. The molecular weight excluding hydrogens is 328 g/mol. The van der Waals surface area contributed by atoms with Crippen molar-refractivity contribution in [3.8, 4) is 5.75 Å². The van der Waals surface area contributed by atoms with E-state index >= 15 is 0 Å². The molecule has 5 nitrogen and oxygen atoms in total. The van der Waals surface area contributed by atoms with Crippen LogP contribution in [0.5, 0.6) is 5.75 Å². The smallest absolute Gasteiger partial charge is 0.257 e. The molecule has 2 aromatic carbocycles. The summed E-state index contributed by atoms with van der Waals surface area (Å²) in [6.07, 6.45) is 2.20. The van der Waals surface area contributed by atoms with Gasteiger partial charge in [-0.2, -0.15) is 0 Å². The fourth-order valence-electron chi connectivity index (χ4n) is 3.92. The van der Waals surface area contributed by atoms with E-state index in [2.05, 4.69) is 11.0 Å². The van der Waals surface area contributed by atoms with Crippen LogP contribution < -0.4 is 14.5 Å². The van der Waals surface area contributed by atoms with Gasteiger partial charge in [-0.25, -0.2) is 4.90 Å². The van der Waals surface area contributed by atoms with Crippen LogP contribution in [0.25, 0.3) is 0 Å². The Kier molecular flexibility index (Phi) is 4.37. The van der Waals surface area contributed by atoms with Crippen LogP contribution in [0.3, 0.4) is 0 Å². The van der Waals surface area contributed by atoms with Gasteiger partial charge in [-0.1, -0.05) is 30.3 Å². The summed E-state index contributed by atoms with van der Waals surface area (Å²) < 4.78 is 5.62. The maximum Gasteiger partial charge on any atom is 0.257 e. The Balaban J connectivity index is 1.67. The molecule has 0 saturated carbocycles. The lowest BCUT2D eigenvalue weighted by Gasteiger charge is -2.34. The number of amides is 2. The van der Waals surface area contributed by atoms with Gasteiger partial charge in [-0.15, -0.1) is 0 Å². The molecule has 2 aliphatic heterocycles. The Morgan fingerprint density at radius 1 is 1.04 bits per heavy atom. The highest BCUT2D eigenvalue weighted by molar-refractivity contribution is 6.24. The minimum absolute atomic E-state index is 0.168. The average molecular weight is 350 g/mol. The van der Waals surface area contributed by atoms with Gasteiger partial charge in [0.15, 0.2) is 0 Å². The normalized spacial score (nSPS) is 19.7. The molecule has 2 heterocycles. The van der Waals surface area contributed by atoms with Crippen LogP contribution in [-0.2, 0) is 16.0 Å². The van der Waals surface area contributed by atoms with Crippen molar-refractivity contribution in [2.75, 3.05) is 23.0 Å². The van der Waals surface area contributed by atoms with E-state index in [-0.39, 0.29) is 18.2 Å². The van der Waals surface area contributed by atoms with Crippen molar-refractivity contribution in [2.24, 2.45) is 0 Å². The molecule has 1 unspecified atom stereocenters. The second kappa shape index (κ2) is 6.83. The Morgan fingerprint density at radius 3 is 2.58 bits per heavy atom. The molecule has 0 N–H and O–H groups in total. The van der Waals surface area contributed by atoms with E-state index in [4.69, 9.17) is 4.74 Å². The minimum Gasteiger partial charge on any atom is -0.492 e. The quantitative estimate of drug-likeness (QED) is 0.795.